The third kappa shape index (κ3) is 3.00. The highest BCUT2D eigenvalue weighted by Crippen LogP contribution is 2.40. The zero-order chi connectivity index (χ0) is 21.8. The number of nitriles is 1. The molecule has 1 aromatic carbocycles. The molecule has 1 aliphatic heterocycles. The van der Waals surface area contributed by atoms with Gasteiger partial charge in [-0.05, 0) is 50.5 Å². The van der Waals surface area contributed by atoms with Crippen LogP contribution in [0.3, 0.4) is 0 Å². The van der Waals surface area contributed by atoms with Gasteiger partial charge in [-0.15, -0.1) is 0 Å². The van der Waals surface area contributed by atoms with Crippen LogP contribution in [-0.2, 0) is 10.2 Å². The van der Waals surface area contributed by atoms with Crippen molar-refractivity contribution in [2.75, 3.05) is 10.6 Å². The predicted molar refractivity (Wildman–Crippen MR) is 118 cm³/mol. The van der Waals surface area contributed by atoms with Gasteiger partial charge in [-0.25, -0.2) is 0 Å². The van der Waals surface area contributed by atoms with Crippen molar-refractivity contribution in [2.24, 2.45) is 5.92 Å². The van der Waals surface area contributed by atoms with E-state index in [4.69, 9.17) is 5.10 Å². The highest BCUT2D eigenvalue weighted by molar-refractivity contribution is 6.06. The van der Waals surface area contributed by atoms with Gasteiger partial charge >= 0.3 is 0 Å². The van der Waals surface area contributed by atoms with E-state index < -0.39 is 5.41 Å². The van der Waals surface area contributed by atoms with Crippen molar-refractivity contribution in [3.8, 4) is 6.07 Å². The lowest BCUT2D eigenvalue weighted by Crippen LogP contribution is -2.26. The van der Waals surface area contributed by atoms with Gasteiger partial charge in [-0.3, -0.25) is 14.3 Å². The zero-order valence-electron chi connectivity index (χ0n) is 17.5. The molecule has 8 nitrogen and oxygen atoms in total. The molecule has 2 unspecified atom stereocenters. The fourth-order valence-corrected chi connectivity index (χ4v) is 4.80. The summed E-state index contributed by atoms with van der Waals surface area (Å²) in [5.74, 6) is 0.287. The summed E-state index contributed by atoms with van der Waals surface area (Å²) in [6.45, 7) is 3.79. The van der Waals surface area contributed by atoms with Crippen molar-refractivity contribution < 1.29 is 4.79 Å². The summed E-state index contributed by atoms with van der Waals surface area (Å²) in [6, 6.07) is 9.88. The molecule has 3 heterocycles. The summed E-state index contributed by atoms with van der Waals surface area (Å²) in [6.07, 6.45) is 5.40. The number of aromatic nitrogens is 3. The number of pyridine rings is 1. The Bertz CT molecular complexity index is 1300. The molecule has 1 aliphatic carbocycles. The van der Waals surface area contributed by atoms with E-state index in [1.165, 1.54) is 0 Å². The standard InChI is InChI=1S/C23H24N6O2/c1-23(2)15-8-7-14(11-16(15)27-22(23)31)26-20-19-18(9-10-25-21(19)30)29(28-20)17-6-4-3-5-13(17)12-24/h7-11,13,17H,3-6H2,1-2H3,(H,25,30)(H,26,28)(H,27,31). The van der Waals surface area contributed by atoms with Gasteiger partial charge in [0.15, 0.2) is 5.82 Å². The second-order valence-corrected chi connectivity index (χ2v) is 8.91. The van der Waals surface area contributed by atoms with E-state index >= 15 is 0 Å². The van der Waals surface area contributed by atoms with Gasteiger partial charge in [-0.2, -0.15) is 10.4 Å². The Morgan fingerprint density at radius 1 is 1.23 bits per heavy atom. The molecule has 3 aromatic rings. The van der Waals surface area contributed by atoms with Crippen LogP contribution in [0.4, 0.5) is 17.2 Å². The van der Waals surface area contributed by atoms with Crippen molar-refractivity contribution >= 4 is 34.0 Å². The van der Waals surface area contributed by atoms with Crippen LogP contribution in [0.25, 0.3) is 10.9 Å². The second-order valence-electron chi connectivity index (χ2n) is 8.91. The first-order valence-corrected chi connectivity index (χ1v) is 10.6. The quantitative estimate of drug-likeness (QED) is 0.598. The number of fused-ring (bicyclic) bond motifs is 2. The molecule has 0 bridgehead atoms. The average Bonchev–Trinajstić information content (AvgIpc) is 3.23. The number of hydrogen-bond acceptors (Lipinski definition) is 5. The van der Waals surface area contributed by atoms with E-state index in [1.807, 2.05) is 42.8 Å². The molecule has 1 saturated carbocycles. The maximum Gasteiger partial charge on any atom is 0.261 e. The number of amides is 1. The molecule has 5 rings (SSSR count). The lowest BCUT2D eigenvalue weighted by Gasteiger charge is -2.27. The Morgan fingerprint density at radius 3 is 2.84 bits per heavy atom. The Labute approximate surface area is 179 Å². The Morgan fingerprint density at radius 2 is 2.03 bits per heavy atom. The number of benzene rings is 1. The molecule has 2 aromatic heterocycles. The van der Waals surface area contributed by atoms with Crippen LogP contribution in [-0.4, -0.2) is 20.7 Å². The molecule has 1 amide bonds. The van der Waals surface area contributed by atoms with Gasteiger partial charge < -0.3 is 15.6 Å². The minimum Gasteiger partial charge on any atom is -0.338 e. The second kappa shape index (κ2) is 6.98. The number of anilines is 3. The van der Waals surface area contributed by atoms with Crippen LogP contribution >= 0.6 is 0 Å². The molecular formula is C23H24N6O2. The maximum absolute atomic E-state index is 12.7. The van der Waals surface area contributed by atoms with Gasteiger partial charge in [0, 0.05) is 17.6 Å². The third-order valence-electron chi connectivity index (χ3n) is 6.61. The van der Waals surface area contributed by atoms with Gasteiger partial charge in [0.05, 0.1) is 29.0 Å². The van der Waals surface area contributed by atoms with Crippen molar-refractivity contribution in [3.05, 3.63) is 46.4 Å². The number of H-pyrrole nitrogens is 1. The van der Waals surface area contributed by atoms with E-state index in [2.05, 4.69) is 21.7 Å². The zero-order valence-corrected chi connectivity index (χ0v) is 17.5. The highest BCUT2D eigenvalue weighted by Gasteiger charge is 2.38. The normalized spacial score (nSPS) is 22.0. The highest BCUT2D eigenvalue weighted by atomic mass is 16.2. The number of nitrogens with one attached hydrogen (secondary N) is 3. The maximum atomic E-state index is 12.7. The van der Waals surface area contributed by atoms with Crippen molar-refractivity contribution in [1.29, 1.82) is 5.26 Å². The van der Waals surface area contributed by atoms with Crippen LogP contribution in [0.2, 0.25) is 0 Å². The molecule has 31 heavy (non-hydrogen) atoms. The molecular weight excluding hydrogens is 392 g/mol. The van der Waals surface area contributed by atoms with Gasteiger partial charge in [0.25, 0.3) is 5.56 Å². The first kappa shape index (κ1) is 19.4. The van der Waals surface area contributed by atoms with Crippen molar-refractivity contribution in [3.63, 3.8) is 0 Å². The first-order chi connectivity index (χ1) is 14.9. The van der Waals surface area contributed by atoms with Gasteiger partial charge in [-0.1, -0.05) is 18.9 Å². The first-order valence-electron chi connectivity index (χ1n) is 10.6. The molecule has 0 saturated heterocycles. The number of carbonyl (C=O) groups excluding carboxylic acids is 1. The van der Waals surface area contributed by atoms with Crippen molar-refractivity contribution in [2.45, 2.75) is 51.0 Å². The van der Waals surface area contributed by atoms with Crippen LogP contribution in [0, 0.1) is 17.2 Å². The van der Waals surface area contributed by atoms with Crippen LogP contribution in [0.5, 0.6) is 0 Å². The van der Waals surface area contributed by atoms with E-state index in [0.717, 1.165) is 42.6 Å². The van der Waals surface area contributed by atoms with Crippen LogP contribution in [0.1, 0.15) is 51.1 Å². The molecule has 0 spiro atoms. The molecule has 0 radical (unpaired) electrons. The summed E-state index contributed by atoms with van der Waals surface area (Å²) in [5, 5.41) is 21.0. The number of aromatic amines is 1. The SMILES string of the molecule is CC1(C)C(=O)Nc2cc(Nc3nn(C4CCCCC4C#N)c4cc[nH]c(=O)c34)ccc21. The molecule has 1 fully saturated rings. The third-order valence-corrected chi connectivity index (χ3v) is 6.61. The summed E-state index contributed by atoms with van der Waals surface area (Å²) in [4.78, 5) is 27.7. The van der Waals surface area contributed by atoms with Gasteiger partial charge in [0.1, 0.15) is 5.39 Å². The molecule has 158 valence electrons. The smallest absolute Gasteiger partial charge is 0.261 e. The fourth-order valence-electron chi connectivity index (χ4n) is 4.80. The van der Waals surface area contributed by atoms with Gasteiger partial charge in [0.2, 0.25) is 5.91 Å². The largest absolute Gasteiger partial charge is 0.338 e. The molecule has 8 heteroatoms. The topological polar surface area (TPSA) is 116 Å². The minimum absolute atomic E-state index is 0.0364. The van der Waals surface area contributed by atoms with E-state index in [9.17, 15) is 14.9 Å². The van der Waals surface area contributed by atoms with E-state index in [1.54, 1.807) is 6.20 Å². The van der Waals surface area contributed by atoms with E-state index in [-0.39, 0.29) is 23.4 Å². The van der Waals surface area contributed by atoms with E-state index in [0.29, 0.717) is 16.7 Å². The number of carbonyl (C=O) groups is 1. The van der Waals surface area contributed by atoms with Crippen LogP contribution < -0.4 is 16.2 Å². The Hall–Kier alpha value is -3.60. The molecule has 2 aliphatic rings. The predicted octanol–water partition coefficient (Wildman–Crippen LogP) is 3.95. The number of rotatable bonds is 3. The summed E-state index contributed by atoms with van der Waals surface area (Å²) < 4.78 is 1.85. The number of nitrogens with zero attached hydrogens (tertiary/aromatic N) is 3. The van der Waals surface area contributed by atoms with Crippen LogP contribution in [0.15, 0.2) is 35.3 Å². The summed E-state index contributed by atoms with van der Waals surface area (Å²) in [7, 11) is 0. The molecule has 2 atom stereocenters. The van der Waals surface area contributed by atoms with Crippen molar-refractivity contribution in [1.82, 2.24) is 14.8 Å². The molecule has 3 N–H and O–H groups in total. The lowest BCUT2D eigenvalue weighted by atomic mass is 9.85. The Balaban J connectivity index is 1.58. The summed E-state index contributed by atoms with van der Waals surface area (Å²) in [5.41, 5.74) is 2.34. The average molecular weight is 416 g/mol. The number of hydrogen-bond donors (Lipinski definition) is 3. The fraction of sp³-hybridized carbons (Fsp3) is 0.391. The lowest BCUT2D eigenvalue weighted by molar-refractivity contribution is -0.119. The summed E-state index contributed by atoms with van der Waals surface area (Å²) >= 11 is 0. The minimum atomic E-state index is -0.577. The Kier molecular flexibility index (Phi) is 4.36. The monoisotopic (exact) mass is 416 g/mol.